The molecule has 204 valence electrons. The molecule has 10 heteroatoms. The van der Waals surface area contributed by atoms with Crippen molar-refractivity contribution in [2.45, 2.75) is 53.6 Å². The molecule has 37 heavy (non-hydrogen) atoms. The molecule has 0 heterocycles. The molecule has 2 aromatic carbocycles. The Hall–Kier alpha value is -2.98. The fourth-order valence-electron chi connectivity index (χ4n) is 3.82. The van der Waals surface area contributed by atoms with Gasteiger partial charge in [-0.05, 0) is 61.1 Å². The van der Waals surface area contributed by atoms with E-state index in [9.17, 15) is 22.4 Å². The zero-order valence-corrected chi connectivity index (χ0v) is 23.6. The highest BCUT2D eigenvalue weighted by Gasteiger charge is 2.34. The molecule has 1 N–H and O–H groups in total. The Morgan fingerprint density at radius 1 is 1.03 bits per heavy atom. The molecule has 0 bridgehead atoms. The molecule has 2 amide bonds. The Morgan fingerprint density at radius 2 is 1.65 bits per heavy atom. The number of carbonyl (C=O) groups is 2. The Bertz CT molecular complexity index is 1180. The maximum Gasteiger partial charge on any atom is 0.304 e. The van der Waals surface area contributed by atoms with E-state index in [1.54, 1.807) is 38.1 Å². The van der Waals surface area contributed by atoms with Crippen LogP contribution < -0.4 is 9.62 Å². The number of hydrogen-bond donors (Lipinski definition) is 1. The summed E-state index contributed by atoms with van der Waals surface area (Å²) >= 11 is 0. The zero-order chi connectivity index (χ0) is 27.9. The molecule has 0 aliphatic rings. The lowest BCUT2D eigenvalue weighted by Crippen LogP contribution is -2.53. The average Bonchev–Trinajstić information content (AvgIpc) is 2.83. The van der Waals surface area contributed by atoms with E-state index in [0.29, 0.717) is 29.8 Å². The number of benzene rings is 2. The van der Waals surface area contributed by atoms with Crippen LogP contribution in [-0.2, 0) is 26.3 Å². The molecule has 0 aromatic heterocycles. The average molecular weight is 535 g/mol. The van der Waals surface area contributed by atoms with Crippen molar-refractivity contribution < 1.29 is 22.4 Å². The SMILES string of the molecule is CC[C@@H](C(=O)NCC(C)C)N(Cc1ccc(F)cc1)C(=O)CN(c1cc(C)ccc1C)S(=O)(=O)N(C)C. The summed E-state index contributed by atoms with van der Waals surface area (Å²) in [6, 6.07) is 10.2. The van der Waals surface area contributed by atoms with Gasteiger partial charge in [0.05, 0.1) is 5.69 Å². The summed E-state index contributed by atoms with van der Waals surface area (Å²) < 4.78 is 42.4. The lowest BCUT2D eigenvalue weighted by molar-refractivity contribution is -0.140. The van der Waals surface area contributed by atoms with E-state index in [0.717, 1.165) is 14.2 Å². The van der Waals surface area contributed by atoms with Crippen LogP contribution in [-0.4, -0.2) is 62.7 Å². The van der Waals surface area contributed by atoms with Gasteiger partial charge in [0.15, 0.2) is 0 Å². The summed E-state index contributed by atoms with van der Waals surface area (Å²) in [5.74, 6) is -1.06. The van der Waals surface area contributed by atoms with Crippen LogP contribution >= 0.6 is 0 Å². The first-order valence-corrected chi connectivity index (χ1v) is 13.8. The minimum atomic E-state index is -4.04. The van der Waals surface area contributed by atoms with Gasteiger partial charge in [-0.15, -0.1) is 0 Å². The quantitative estimate of drug-likeness (QED) is 0.450. The Labute approximate surface area is 220 Å². The lowest BCUT2D eigenvalue weighted by Gasteiger charge is -2.34. The van der Waals surface area contributed by atoms with E-state index in [1.807, 2.05) is 26.8 Å². The number of amides is 2. The van der Waals surface area contributed by atoms with Gasteiger partial charge in [-0.1, -0.05) is 45.0 Å². The number of halogens is 1. The van der Waals surface area contributed by atoms with Crippen molar-refractivity contribution in [1.29, 1.82) is 0 Å². The van der Waals surface area contributed by atoms with Gasteiger partial charge in [-0.2, -0.15) is 12.7 Å². The van der Waals surface area contributed by atoms with E-state index >= 15 is 0 Å². The van der Waals surface area contributed by atoms with Gasteiger partial charge in [-0.3, -0.25) is 9.59 Å². The molecule has 0 spiro atoms. The number of rotatable bonds is 12. The molecule has 1 atom stereocenters. The van der Waals surface area contributed by atoms with Gasteiger partial charge in [-0.25, -0.2) is 8.70 Å². The van der Waals surface area contributed by atoms with Crippen molar-refractivity contribution in [2.24, 2.45) is 5.92 Å². The molecule has 2 aromatic rings. The maximum absolute atomic E-state index is 13.9. The molecule has 0 fully saturated rings. The molecule has 0 aliphatic carbocycles. The number of nitrogens with one attached hydrogen (secondary N) is 1. The van der Waals surface area contributed by atoms with E-state index in [-0.39, 0.29) is 18.4 Å². The van der Waals surface area contributed by atoms with Crippen molar-refractivity contribution >= 4 is 27.7 Å². The second-order valence-electron chi connectivity index (χ2n) is 9.80. The number of carbonyl (C=O) groups excluding carboxylic acids is 2. The first kappa shape index (κ1) is 30.2. The highest BCUT2D eigenvalue weighted by molar-refractivity contribution is 7.90. The van der Waals surface area contributed by atoms with Crippen molar-refractivity contribution in [1.82, 2.24) is 14.5 Å². The maximum atomic E-state index is 13.9. The Kier molecular flexibility index (Phi) is 10.6. The molecule has 0 aliphatic heterocycles. The Balaban J connectivity index is 2.53. The lowest BCUT2D eigenvalue weighted by atomic mass is 10.1. The van der Waals surface area contributed by atoms with E-state index < -0.39 is 34.5 Å². The Morgan fingerprint density at radius 3 is 2.19 bits per heavy atom. The summed E-state index contributed by atoms with van der Waals surface area (Å²) in [6.45, 7) is 9.32. The summed E-state index contributed by atoms with van der Waals surface area (Å²) in [5, 5.41) is 2.88. The van der Waals surface area contributed by atoms with Crippen molar-refractivity contribution in [3.63, 3.8) is 0 Å². The van der Waals surface area contributed by atoms with Crippen LogP contribution in [0.25, 0.3) is 0 Å². The summed E-state index contributed by atoms with van der Waals surface area (Å²) in [6.07, 6.45) is 0.320. The molecule has 0 radical (unpaired) electrons. The number of anilines is 1. The second-order valence-corrected chi connectivity index (χ2v) is 11.9. The number of hydrogen-bond acceptors (Lipinski definition) is 4. The van der Waals surface area contributed by atoms with Crippen molar-refractivity contribution in [3.8, 4) is 0 Å². The number of aryl methyl sites for hydroxylation is 2. The molecule has 0 saturated heterocycles. The smallest absolute Gasteiger partial charge is 0.304 e. The van der Waals surface area contributed by atoms with Crippen molar-refractivity contribution in [2.75, 3.05) is 31.5 Å². The van der Waals surface area contributed by atoms with Crippen LogP contribution in [0.3, 0.4) is 0 Å². The van der Waals surface area contributed by atoms with E-state index in [4.69, 9.17) is 0 Å². The highest BCUT2D eigenvalue weighted by atomic mass is 32.2. The third-order valence-electron chi connectivity index (χ3n) is 5.99. The van der Waals surface area contributed by atoms with Gasteiger partial charge in [0, 0.05) is 27.2 Å². The fourth-order valence-corrected chi connectivity index (χ4v) is 4.93. The van der Waals surface area contributed by atoms with Gasteiger partial charge in [0.1, 0.15) is 18.4 Å². The molecule has 0 unspecified atom stereocenters. The predicted molar refractivity (Wildman–Crippen MR) is 145 cm³/mol. The molecular weight excluding hydrogens is 495 g/mol. The van der Waals surface area contributed by atoms with Crippen molar-refractivity contribution in [3.05, 3.63) is 65.0 Å². The molecule has 8 nitrogen and oxygen atoms in total. The highest BCUT2D eigenvalue weighted by Crippen LogP contribution is 2.26. The molecule has 2 rings (SSSR count). The van der Waals surface area contributed by atoms with Gasteiger partial charge in [0.25, 0.3) is 0 Å². The van der Waals surface area contributed by atoms with Crippen LogP contribution in [0.1, 0.15) is 43.9 Å². The van der Waals surface area contributed by atoms with Gasteiger partial charge in [0.2, 0.25) is 11.8 Å². The first-order chi connectivity index (χ1) is 17.3. The van der Waals surface area contributed by atoms with Gasteiger partial charge >= 0.3 is 10.2 Å². The fraction of sp³-hybridized carbons (Fsp3) is 0.481. The minimum absolute atomic E-state index is 0.0232. The van der Waals surface area contributed by atoms with E-state index in [1.165, 1.54) is 31.1 Å². The van der Waals surface area contributed by atoms with Crippen LogP contribution in [0.15, 0.2) is 42.5 Å². The minimum Gasteiger partial charge on any atom is -0.354 e. The van der Waals surface area contributed by atoms with Crippen LogP contribution in [0, 0.1) is 25.6 Å². The van der Waals surface area contributed by atoms with E-state index in [2.05, 4.69) is 5.32 Å². The summed E-state index contributed by atoms with van der Waals surface area (Å²) in [7, 11) is -1.23. The number of nitrogens with zero attached hydrogens (tertiary/aromatic N) is 3. The first-order valence-electron chi connectivity index (χ1n) is 12.4. The van der Waals surface area contributed by atoms with Crippen LogP contribution in [0.5, 0.6) is 0 Å². The predicted octanol–water partition coefficient (Wildman–Crippen LogP) is 3.63. The largest absolute Gasteiger partial charge is 0.354 e. The van der Waals surface area contributed by atoms with Crippen LogP contribution in [0.2, 0.25) is 0 Å². The van der Waals surface area contributed by atoms with Crippen LogP contribution in [0.4, 0.5) is 10.1 Å². The monoisotopic (exact) mass is 534 g/mol. The third-order valence-corrected chi connectivity index (χ3v) is 7.79. The summed E-state index contributed by atoms with van der Waals surface area (Å²) in [4.78, 5) is 28.4. The van der Waals surface area contributed by atoms with Gasteiger partial charge < -0.3 is 10.2 Å². The standard InChI is InChI=1S/C27H39FN4O4S/c1-8-24(27(34)29-16-19(2)3)31(17-22-11-13-23(28)14-12-22)26(33)18-32(37(35,36)30(6)7)25-15-20(4)9-10-21(25)5/h9-15,19,24H,8,16-18H2,1-7H3,(H,29,34)/t24-/m0/s1. The zero-order valence-electron chi connectivity index (χ0n) is 22.8. The second kappa shape index (κ2) is 13.0. The molecular formula is C27H39FN4O4S. The normalized spacial score (nSPS) is 12.5. The topological polar surface area (TPSA) is 90.0 Å². The third kappa shape index (κ3) is 8.00. The molecule has 0 saturated carbocycles. The summed E-state index contributed by atoms with van der Waals surface area (Å²) in [5.41, 5.74) is 2.55.